The van der Waals surface area contributed by atoms with Crippen LogP contribution in [0, 0.1) is 5.41 Å². The molecule has 2 aromatic carbocycles. The van der Waals surface area contributed by atoms with E-state index in [1.807, 2.05) is 6.92 Å². The zero-order valence-corrected chi connectivity index (χ0v) is 17.4. The molecule has 1 aliphatic rings. The molecule has 9 heteroatoms. The number of nitrogens with one attached hydrogen (secondary N) is 2. The van der Waals surface area contributed by atoms with E-state index in [0.29, 0.717) is 19.0 Å². The predicted molar refractivity (Wildman–Crippen MR) is 115 cm³/mol. The summed E-state index contributed by atoms with van der Waals surface area (Å²) in [5, 5.41) is 16.5. The number of hydrogen-bond acceptors (Lipinski definition) is 8. The summed E-state index contributed by atoms with van der Waals surface area (Å²) in [7, 11) is 3.14. The normalized spacial score (nSPS) is 15.8. The molecule has 31 heavy (non-hydrogen) atoms. The van der Waals surface area contributed by atoms with Gasteiger partial charge in [0.05, 0.1) is 36.8 Å². The number of aromatic hydroxyl groups is 1. The largest absolute Gasteiger partial charge is 0.505 e. The van der Waals surface area contributed by atoms with Crippen LogP contribution in [-0.4, -0.2) is 43.2 Å². The van der Waals surface area contributed by atoms with E-state index >= 15 is 0 Å². The molecule has 0 saturated carbocycles. The van der Waals surface area contributed by atoms with Crippen LogP contribution in [0.15, 0.2) is 50.6 Å². The van der Waals surface area contributed by atoms with Crippen molar-refractivity contribution in [2.75, 3.05) is 37.9 Å². The molecular formula is C22H23N3O6. The van der Waals surface area contributed by atoms with Crippen molar-refractivity contribution in [2.24, 2.45) is 5.41 Å². The molecule has 1 atom stereocenters. The summed E-state index contributed by atoms with van der Waals surface area (Å²) < 4.78 is 10.9. The van der Waals surface area contributed by atoms with Gasteiger partial charge in [0.15, 0.2) is 5.75 Å². The lowest BCUT2D eigenvalue weighted by atomic mass is 9.79. The lowest BCUT2D eigenvalue weighted by Gasteiger charge is -2.44. The van der Waals surface area contributed by atoms with Gasteiger partial charge in [-0.15, -0.1) is 0 Å². The van der Waals surface area contributed by atoms with Gasteiger partial charge in [0.2, 0.25) is 0 Å². The smallest absolute Gasteiger partial charge is 0.257 e. The van der Waals surface area contributed by atoms with Crippen molar-refractivity contribution >= 4 is 23.0 Å². The molecule has 2 heterocycles. The molecule has 0 spiro atoms. The Hall–Kier alpha value is -3.59. The number of amides is 1. The number of para-hydroxylation sites is 1. The van der Waals surface area contributed by atoms with E-state index in [-0.39, 0.29) is 39.7 Å². The van der Waals surface area contributed by atoms with Crippen LogP contribution in [0.4, 0.5) is 17.1 Å². The summed E-state index contributed by atoms with van der Waals surface area (Å²) in [5.74, 6) is -0.0753. The van der Waals surface area contributed by atoms with Gasteiger partial charge in [-0.25, -0.2) is 0 Å². The number of carbonyl (C=O) groups is 1. The first-order chi connectivity index (χ1) is 14.7. The molecule has 1 aliphatic heterocycles. The van der Waals surface area contributed by atoms with Gasteiger partial charge in [-0.2, -0.15) is 0 Å². The molecule has 1 aromatic heterocycles. The highest BCUT2D eigenvalue weighted by Gasteiger charge is 2.45. The third-order valence-corrected chi connectivity index (χ3v) is 5.52. The minimum Gasteiger partial charge on any atom is -0.505 e. The standard InChI is InChI=1S/C22H23N3O6/c1-22(10-30-11-22)20(14-8-5-9-31-14)24-16-15(18(27)19(16)28)23-13-7-4-6-12(17(13)26)21(29)25(2)3/h4-9,20,23-24,26H,10-11H2,1-3H3. The number of carbonyl (C=O) groups excluding carboxylic acids is 1. The topological polar surface area (TPSA) is 121 Å². The molecule has 0 radical (unpaired) electrons. The van der Waals surface area contributed by atoms with Gasteiger partial charge in [0, 0.05) is 19.5 Å². The fourth-order valence-electron chi connectivity index (χ4n) is 3.62. The molecule has 0 aliphatic carbocycles. The Labute approximate surface area is 177 Å². The van der Waals surface area contributed by atoms with Gasteiger partial charge in [0.1, 0.15) is 17.1 Å². The van der Waals surface area contributed by atoms with Crippen molar-refractivity contribution in [2.45, 2.75) is 13.0 Å². The maximum atomic E-state index is 12.4. The summed E-state index contributed by atoms with van der Waals surface area (Å²) in [6.45, 7) is 2.94. The number of anilines is 3. The van der Waals surface area contributed by atoms with Crippen LogP contribution >= 0.6 is 0 Å². The highest BCUT2D eigenvalue weighted by Crippen LogP contribution is 2.43. The van der Waals surface area contributed by atoms with Gasteiger partial charge >= 0.3 is 0 Å². The maximum Gasteiger partial charge on any atom is 0.257 e. The Bertz CT molecular complexity index is 1190. The van der Waals surface area contributed by atoms with Crippen molar-refractivity contribution in [3.05, 3.63) is 68.4 Å². The van der Waals surface area contributed by atoms with Crippen LogP contribution in [0.25, 0.3) is 0 Å². The number of hydrogen-bond donors (Lipinski definition) is 3. The molecule has 1 saturated heterocycles. The molecule has 0 bridgehead atoms. The van der Waals surface area contributed by atoms with Gasteiger partial charge in [0.25, 0.3) is 16.8 Å². The Morgan fingerprint density at radius 3 is 2.42 bits per heavy atom. The number of furan rings is 1. The summed E-state index contributed by atoms with van der Waals surface area (Å²) in [5.41, 5.74) is -1.35. The Morgan fingerprint density at radius 1 is 1.13 bits per heavy atom. The van der Waals surface area contributed by atoms with Crippen LogP contribution in [0.5, 0.6) is 5.75 Å². The van der Waals surface area contributed by atoms with Gasteiger partial charge < -0.3 is 29.8 Å². The van der Waals surface area contributed by atoms with Crippen molar-refractivity contribution in [3.63, 3.8) is 0 Å². The van der Waals surface area contributed by atoms with Crippen LogP contribution in [-0.2, 0) is 4.74 Å². The van der Waals surface area contributed by atoms with Crippen LogP contribution in [0.1, 0.15) is 29.1 Å². The second-order valence-electron chi connectivity index (χ2n) is 8.17. The number of ether oxygens (including phenoxy) is 1. The Balaban J connectivity index is 1.65. The molecule has 9 nitrogen and oxygen atoms in total. The van der Waals surface area contributed by atoms with Crippen LogP contribution in [0.2, 0.25) is 0 Å². The third kappa shape index (κ3) is 3.46. The molecule has 1 unspecified atom stereocenters. The number of rotatable bonds is 7. The molecule has 3 aromatic rings. The quantitative estimate of drug-likeness (QED) is 0.389. The van der Waals surface area contributed by atoms with Crippen LogP contribution in [0.3, 0.4) is 0 Å². The second-order valence-corrected chi connectivity index (χ2v) is 8.17. The van der Waals surface area contributed by atoms with E-state index < -0.39 is 16.9 Å². The first kappa shape index (κ1) is 20.7. The second kappa shape index (κ2) is 7.59. The molecule has 1 amide bonds. The minimum atomic E-state index is -0.709. The highest BCUT2D eigenvalue weighted by atomic mass is 16.5. The first-order valence-electron chi connectivity index (χ1n) is 9.74. The fourth-order valence-corrected chi connectivity index (χ4v) is 3.62. The molecule has 3 N–H and O–H groups in total. The van der Waals surface area contributed by atoms with E-state index in [0.717, 1.165) is 0 Å². The van der Waals surface area contributed by atoms with Gasteiger partial charge in [-0.1, -0.05) is 13.0 Å². The van der Waals surface area contributed by atoms with Gasteiger partial charge in [-0.3, -0.25) is 14.4 Å². The average Bonchev–Trinajstić information content (AvgIpc) is 3.26. The molecule has 1 fully saturated rings. The van der Waals surface area contributed by atoms with Crippen molar-refractivity contribution in [1.29, 1.82) is 0 Å². The van der Waals surface area contributed by atoms with Crippen molar-refractivity contribution in [1.82, 2.24) is 4.90 Å². The molecule has 162 valence electrons. The van der Waals surface area contributed by atoms with Crippen molar-refractivity contribution < 1.29 is 19.1 Å². The third-order valence-electron chi connectivity index (χ3n) is 5.52. The Morgan fingerprint density at radius 2 is 1.84 bits per heavy atom. The van der Waals surface area contributed by atoms with E-state index in [1.165, 1.54) is 17.0 Å². The summed E-state index contributed by atoms with van der Waals surface area (Å²) >= 11 is 0. The minimum absolute atomic E-state index is 0.0233. The number of phenols is 1. The Kier molecular flexibility index (Phi) is 5.06. The molecular weight excluding hydrogens is 402 g/mol. The van der Waals surface area contributed by atoms with Crippen molar-refractivity contribution in [3.8, 4) is 5.75 Å². The van der Waals surface area contributed by atoms with Crippen LogP contribution < -0.4 is 21.5 Å². The van der Waals surface area contributed by atoms with Gasteiger partial charge in [-0.05, 0) is 24.3 Å². The molecule has 4 rings (SSSR count). The SMILES string of the molecule is CN(C)C(=O)c1cccc(Nc2c(NC(c3ccco3)C3(C)COC3)c(=O)c2=O)c1O. The van der Waals surface area contributed by atoms with E-state index in [9.17, 15) is 19.5 Å². The van der Waals surface area contributed by atoms with E-state index in [4.69, 9.17) is 9.15 Å². The lowest BCUT2D eigenvalue weighted by molar-refractivity contribution is -0.114. The zero-order chi connectivity index (χ0) is 22.3. The number of phenolic OH excluding ortho intramolecular Hbond substituents is 1. The predicted octanol–water partition coefficient (Wildman–Crippen LogP) is 2.22. The van der Waals surface area contributed by atoms with E-state index in [2.05, 4.69) is 10.6 Å². The average molecular weight is 425 g/mol. The summed E-state index contributed by atoms with van der Waals surface area (Å²) in [6.07, 6.45) is 1.54. The monoisotopic (exact) mass is 425 g/mol. The zero-order valence-electron chi connectivity index (χ0n) is 17.4. The number of nitrogens with zero attached hydrogens (tertiary/aromatic N) is 1. The maximum absolute atomic E-state index is 12.4. The fraction of sp³-hybridized carbons (Fsp3) is 0.318. The highest BCUT2D eigenvalue weighted by molar-refractivity contribution is 5.99. The summed E-state index contributed by atoms with van der Waals surface area (Å²) in [6, 6.07) is 7.73. The number of benzene rings is 1. The van der Waals surface area contributed by atoms with E-state index in [1.54, 1.807) is 38.6 Å². The summed E-state index contributed by atoms with van der Waals surface area (Å²) in [4.78, 5) is 38.3. The first-order valence-corrected chi connectivity index (χ1v) is 9.74. The lowest BCUT2D eigenvalue weighted by Crippen LogP contribution is -2.49.